The minimum Gasteiger partial charge on any atom is -0.467 e. The van der Waals surface area contributed by atoms with Crippen LogP contribution >= 0.6 is 0 Å². The number of rotatable bonds is 5. The zero-order valence-electron chi connectivity index (χ0n) is 13.6. The summed E-state index contributed by atoms with van der Waals surface area (Å²) in [5.74, 6) is -0.199. The molecule has 0 unspecified atom stereocenters. The molecule has 2 aromatic heterocycles. The van der Waals surface area contributed by atoms with Crippen LogP contribution in [0.15, 0.2) is 65.4 Å². The van der Waals surface area contributed by atoms with Gasteiger partial charge in [-0.1, -0.05) is 6.07 Å². The number of carbonyl (C=O) groups excluding carboxylic acids is 2. The second-order valence-electron chi connectivity index (χ2n) is 5.34. The first-order valence-corrected chi connectivity index (χ1v) is 7.74. The van der Waals surface area contributed by atoms with Crippen LogP contribution in [0.3, 0.4) is 0 Å². The van der Waals surface area contributed by atoms with Gasteiger partial charge in [-0.15, -0.1) is 0 Å². The Morgan fingerprint density at radius 1 is 1.12 bits per heavy atom. The number of nitriles is 1. The van der Waals surface area contributed by atoms with E-state index in [1.54, 1.807) is 36.4 Å². The number of anilines is 1. The largest absolute Gasteiger partial charge is 0.467 e. The molecule has 0 aliphatic rings. The number of pyridine rings is 1. The highest BCUT2D eigenvalue weighted by atomic mass is 16.3. The van der Waals surface area contributed by atoms with E-state index < -0.39 is 11.8 Å². The van der Waals surface area contributed by atoms with E-state index in [2.05, 4.69) is 15.6 Å². The van der Waals surface area contributed by atoms with E-state index in [0.29, 0.717) is 17.0 Å². The lowest BCUT2D eigenvalue weighted by molar-refractivity contribution is 0.0943. The zero-order chi connectivity index (χ0) is 18.4. The van der Waals surface area contributed by atoms with Crippen LogP contribution in [0.2, 0.25) is 0 Å². The number of amides is 2. The van der Waals surface area contributed by atoms with E-state index in [4.69, 9.17) is 9.68 Å². The van der Waals surface area contributed by atoms with Crippen molar-refractivity contribution in [3.8, 4) is 6.07 Å². The van der Waals surface area contributed by atoms with Crippen molar-refractivity contribution in [2.75, 3.05) is 5.32 Å². The van der Waals surface area contributed by atoms with Crippen LogP contribution in [-0.2, 0) is 6.54 Å². The molecule has 7 heteroatoms. The van der Waals surface area contributed by atoms with Crippen molar-refractivity contribution < 1.29 is 14.0 Å². The number of aromatic nitrogens is 1. The van der Waals surface area contributed by atoms with Crippen LogP contribution in [-0.4, -0.2) is 16.8 Å². The van der Waals surface area contributed by atoms with E-state index in [-0.39, 0.29) is 17.8 Å². The molecule has 0 atom stereocenters. The second kappa shape index (κ2) is 7.77. The molecule has 0 aliphatic heterocycles. The van der Waals surface area contributed by atoms with Crippen molar-refractivity contribution in [1.82, 2.24) is 10.3 Å². The van der Waals surface area contributed by atoms with Gasteiger partial charge >= 0.3 is 0 Å². The lowest BCUT2D eigenvalue weighted by Crippen LogP contribution is -2.24. The van der Waals surface area contributed by atoms with Gasteiger partial charge in [0, 0.05) is 17.4 Å². The predicted octanol–water partition coefficient (Wildman–Crippen LogP) is 2.73. The molecule has 26 heavy (non-hydrogen) atoms. The molecule has 0 fully saturated rings. The van der Waals surface area contributed by atoms with Gasteiger partial charge in [0.2, 0.25) is 0 Å². The van der Waals surface area contributed by atoms with Gasteiger partial charge in [-0.05, 0) is 42.5 Å². The van der Waals surface area contributed by atoms with E-state index in [1.165, 1.54) is 24.6 Å². The average Bonchev–Trinajstić information content (AvgIpc) is 3.20. The fourth-order valence-corrected chi connectivity index (χ4v) is 2.24. The van der Waals surface area contributed by atoms with Crippen molar-refractivity contribution in [2.45, 2.75) is 6.54 Å². The van der Waals surface area contributed by atoms with Gasteiger partial charge in [-0.25, -0.2) is 0 Å². The molecule has 2 amide bonds. The molecular formula is C19H14N4O3. The lowest BCUT2D eigenvalue weighted by Gasteiger charge is -2.07. The molecule has 3 rings (SSSR count). The Hall–Kier alpha value is -3.92. The number of furan rings is 1. The fraction of sp³-hybridized carbons (Fsp3) is 0.0526. The van der Waals surface area contributed by atoms with E-state index in [9.17, 15) is 9.59 Å². The summed E-state index contributed by atoms with van der Waals surface area (Å²) in [6, 6.07) is 14.9. The smallest absolute Gasteiger partial charge is 0.270 e. The van der Waals surface area contributed by atoms with E-state index in [1.807, 2.05) is 6.07 Å². The molecule has 0 saturated carbocycles. The second-order valence-corrected chi connectivity index (χ2v) is 5.34. The highest BCUT2D eigenvalue weighted by Gasteiger charge is 2.12. The molecule has 2 N–H and O–H groups in total. The van der Waals surface area contributed by atoms with Gasteiger partial charge in [0.1, 0.15) is 11.5 Å². The average molecular weight is 346 g/mol. The third-order valence-electron chi connectivity index (χ3n) is 3.51. The summed E-state index contributed by atoms with van der Waals surface area (Å²) in [4.78, 5) is 28.5. The van der Waals surface area contributed by atoms with Crippen molar-refractivity contribution in [1.29, 1.82) is 5.26 Å². The minimum atomic E-state index is -0.414. The first-order chi connectivity index (χ1) is 12.7. The first-order valence-electron chi connectivity index (χ1n) is 7.74. The Balaban J connectivity index is 1.68. The van der Waals surface area contributed by atoms with E-state index in [0.717, 1.165) is 0 Å². The molecule has 128 valence electrons. The highest BCUT2D eigenvalue weighted by Crippen LogP contribution is 2.12. The van der Waals surface area contributed by atoms with Crippen LogP contribution in [0.5, 0.6) is 0 Å². The fourth-order valence-electron chi connectivity index (χ4n) is 2.24. The van der Waals surface area contributed by atoms with E-state index >= 15 is 0 Å². The highest BCUT2D eigenvalue weighted by molar-refractivity contribution is 6.05. The molecule has 3 aromatic rings. The van der Waals surface area contributed by atoms with Crippen LogP contribution in [0, 0.1) is 11.3 Å². The zero-order valence-corrected chi connectivity index (χ0v) is 13.6. The number of nitrogens with one attached hydrogen (secondary N) is 2. The molecule has 0 bridgehead atoms. The van der Waals surface area contributed by atoms with Gasteiger partial charge in [0.05, 0.1) is 24.4 Å². The number of nitrogens with zero attached hydrogens (tertiary/aromatic N) is 2. The van der Waals surface area contributed by atoms with Gasteiger partial charge in [-0.2, -0.15) is 5.26 Å². The quantitative estimate of drug-likeness (QED) is 0.738. The summed E-state index contributed by atoms with van der Waals surface area (Å²) in [6.07, 6.45) is 2.91. The topological polar surface area (TPSA) is 108 Å². The Labute approximate surface area is 149 Å². The van der Waals surface area contributed by atoms with Gasteiger partial charge in [-0.3, -0.25) is 14.6 Å². The number of hydrogen-bond acceptors (Lipinski definition) is 5. The third-order valence-corrected chi connectivity index (χ3v) is 3.51. The summed E-state index contributed by atoms with van der Waals surface area (Å²) in [5.41, 5.74) is 1.34. The summed E-state index contributed by atoms with van der Waals surface area (Å²) in [7, 11) is 0. The maximum atomic E-state index is 12.4. The Bertz CT molecular complexity index is 974. The van der Waals surface area contributed by atoms with Crippen LogP contribution in [0.25, 0.3) is 0 Å². The lowest BCUT2D eigenvalue weighted by atomic mass is 10.2. The SMILES string of the molecule is N#Cc1cccc(NC(=O)c2ccnc(C(=O)NCc3ccco3)c2)c1. The Morgan fingerprint density at radius 2 is 2.00 bits per heavy atom. The van der Waals surface area contributed by atoms with Crippen molar-refractivity contribution in [2.24, 2.45) is 0 Å². The molecule has 0 radical (unpaired) electrons. The molecule has 1 aromatic carbocycles. The molecular weight excluding hydrogens is 332 g/mol. The molecule has 0 spiro atoms. The first kappa shape index (κ1) is 16.9. The summed E-state index contributed by atoms with van der Waals surface area (Å²) < 4.78 is 5.14. The number of benzene rings is 1. The van der Waals surface area contributed by atoms with Crippen LogP contribution in [0.4, 0.5) is 5.69 Å². The maximum absolute atomic E-state index is 12.4. The maximum Gasteiger partial charge on any atom is 0.270 e. The normalized spacial score (nSPS) is 9.96. The summed E-state index contributed by atoms with van der Waals surface area (Å²) in [5, 5.41) is 14.3. The standard InChI is InChI=1S/C19H14N4O3/c20-11-13-3-1-4-15(9-13)23-18(24)14-6-7-21-17(10-14)19(25)22-12-16-5-2-8-26-16/h1-10H,12H2,(H,22,25)(H,23,24). The number of carbonyl (C=O) groups is 2. The van der Waals surface area contributed by atoms with Gasteiger partial charge in [0.25, 0.3) is 11.8 Å². The molecule has 0 saturated heterocycles. The van der Waals surface area contributed by atoms with Crippen molar-refractivity contribution >= 4 is 17.5 Å². The monoisotopic (exact) mass is 346 g/mol. The van der Waals surface area contributed by atoms with Crippen LogP contribution in [0.1, 0.15) is 32.2 Å². The summed E-state index contributed by atoms with van der Waals surface area (Å²) in [6.45, 7) is 0.227. The molecule has 7 nitrogen and oxygen atoms in total. The predicted molar refractivity (Wildman–Crippen MR) is 93.2 cm³/mol. The molecule has 0 aliphatic carbocycles. The third kappa shape index (κ3) is 4.13. The van der Waals surface area contributed by atoms with Gasteiger partial charge in [0.15, 0.2) is 0 Å². The van der Waals surface area contributed by atoms with Crippen molar-refractivity contribution in [3.05, 3.63) is 83.6 Å². The Kier molecular flexibility index (Phi) is 5.05. The number of hydrogen-bond donors (Lipinski definition) is 2. The van der Waals surface area contributed by atoms with Gasteiger partial charge < -0.3 is 15.1 Å². The van der Waals surface area contributed by atoms with Crippen molar-refractivity contribution in [3.63, 3.8) is 0 Å². The Morgan fingerprint density at radius 3 is 2.77 bits per heavy atom. The summed E-state index contributed by atoms with van der Waals surface area (Å²) >= 11 is 0. The molecule has 2 heterocycles. The minimum absolute atomic E-state index is 0.120. The van der Waals surface area contributed by atoms with Crippen LogP contribution < -0.4 is 10.6 Å².